The predicted molar refractivity (Wildman–Crippen MR) is 72.4 cm³/mol. The van der Waals surface area contributed by atoms with Gasteiger partial charge in [0.05, 0.1) is 0 Å². The summed E-state index contributed by atoms with van der Waals surface area (Å²) in [5, 5.41) is 9.02. The quantitative estimate of drug-likeness (QED) is 0.840. The molecule has 0 amide bonds. The summed E-state index contributed by atoms with van der Waals surface area (Å²) in [6.07, 6.45) is 1.38. The van der Waals surface area contributed by atoms with Crippen molar-refractivity contribution < 1.29 is 9.90 Å². The third-order valence-corrected chi connectivity index (χ3v) is 2.52. The molecule has 2 heteroatoms. The Morgan fingerprint density at radius 1 is 1.06 bits per heavy atom. The highest BCUT2D eigenvalue weighted by atomic mass is 16.3. The first-order valence-corrected chi connectivity index (χ1v) is 6.12. The van der Waals surface area contributed by atoms with Crippen LogP contribution in [0.5, 0.6) is 5.75 Å². The summed E-state index contributed by atoms with van der Waals surface area (Å²) >= 11 is 0. The van der Waals surface area contributed by atoms with E-state index >= 15 is 0 Å². The van der Waals surface area contributed by atoms with Crippen LogP contribution < -0.4 is 0 Å². The minimum Gasteiger partial charge on any atom is -0.508 e. The Labute approximate surface area is 105 Å². The summed E-state index contributed by atoms with van der Waals surface area (Å²) < 4.78 is 0. The van der Waals surface area contributed by atoms with E-state index in [-0.39, 0.29) is 5.41 Å². The first-order valence-electron chi connectivity index (χ1n) is 6.12. The molecule has 0 aliphatic rings. The van der Waals surface area contributed by atoms with Crippen LogP contribution in [0.1, 0.15) is 53.0 Å². The fourth-order valence-corrected chi connectivity index (χ4v) is 1.21. The molecule has 1 aromatic rings. The highest BCUT2D eigenvalue weighted by Gasteiger charge is 2.12. The number of phenolic OH excluding ortho intramolecular Hbond substituents is 1. The lowest BCUT2D eigenvalue weighted by atomic mass is 9.87. The molecule has 0 saturated carbocycles. The fraction of sp³-hybridized carbons (Fsp3) is 0.533. The highest BCUT2D eigenvalue weighted by Crippen LogP contribution is 2.23. The van der Waals surface area contributed by atoms with Crippen molar-refractivity contribution in [2.45, 2.75) is 52.9 Å². The number of carbonyl (C=O) groups excluding carboxylic acids is 1. The van der Waals surface area contributed by atoms with Crippen LogP contribution in [0.25, 0.3) is 0 Å². The number of carbonyl (C=O) groups is 1. The van der Waals surface area contributed by atoms with Crippen molar-refractivity contribution in [3.63, 3.8) is 0 Å². The van der Waals surface area contributed by atoms with Crippen LogP contribution in [-0.4, -0.2) is 10.9 Å². The van der Waals surface area contributed by atoms with Crippen LogP contribution in [0.2, 0.25) is 0 Å². The van der Waals surface area contributed by atoms with Gasteiger partial charge in [-0.05, 0) is 23.1 Å². The average Bonchev–Trinajstić information content (AvgIpc) is 2.28. The first-order chi connectivity index (χ1) is 7.81. The third-order valence-electron chi connectivity index (χ3n) is 2.52. The van der Waals surface area contributed by atoms with Crippen molar-refractivity contribution in [3.8, 4) is 5.75 Å². The Hall–Kier alpha value is -1.31. The van der Waals surface area contributed by atoms with E-state index in [1.165, 1.54) is 5.56 Å². The number of benzene rings is 1. The molecule has 0 aliphatic heterocycles. The molecule has 0 radical (unpaired) electrons. The SMILES string of the molecule is CC(C)(C)c1ccc(O)cc1.CCC(=O)CC. The van der Waals surface area contributed by atoms with Gasteiger partial charge in [0.1, 0.15) is 11.5 Å². The summed E-state index contributed by atoms with van der Waals surface area (Å²) in [5.74, 6) is 0.674. The van der Waals surface area contributed by atoms with E-state index in [0.29, 0.717) is 24.4 Å². The highest BCUT2D eigenvalue weighted by molar-refractivity contribution is 5.77. The Balaban J connectivity index is 0.000000366. The molecule has 0 aliphatic carbocycles. The van der Waals surface area contributed by atoms with Gasteiger partial charge < -0.3 is 5.11 Å². The van der Waals surface area contributed by atoms with Crippen LogP contribution in [0.3, 0.4) is 0 Å². The van der Waals surface area contributed by atoms with Gasteiger partial charge in [-0.2, -0.15) is 0 Å². The zero-order valence-corrected chi connectivity index (χ0v) is 11.6. The van der Waals surface area contributed by atoms with Crippen molar-refractivity contribution in [2.75, 3.05) is 0 Å². The van der Waals surface area contributed by atoms with Gasteiger partial charge in [-0.25, -0.2) is 0 Å². The number of aromatic hydroxyl groups is 1. The topological polar surface area (TPSA) is 37.3 Å². The van der Waals surface area contributed by atoms with Crippen molar-refractivity contribution in [1.29, 1.82) is 0 Å². The van der Waals surface area contributed by atoms with E-state index in [4.69, 9.17) is 5.11 Å². The molecule has 0 aromatic heterocycles. The van der Waals surface area contributed by atoms with E-state index in [1.54, 1.807) is 12.1 Å². The predicted octanol–water partition coefficient (Wildman–Crippen LogP) is 4.07. The number of ketones is 1. The first kappa shape index (κ1) is 15.7. The summed E-state index contributed by atoms with van der Waals surface area (Å²) in [6.45, 7) is 10.2. The average molecular weight is 236 g/mol. The zero-order chi connectivity index (χ0) is 13.5. The van der Waals surface area contributed by atoms with Gasteiger partial charge >= 0.3 is 0 Å². The molecule has 1 rings (SSSR count). The van der Waals surface area contributed by atoms with Gasteiger partial charge in [0, 0.05) is 12.8 Å². The number of hydrogen-bond donors (Lipinski definition) is 1. The summed E-state index contributed by atoms with van der Waals surface area (Å²) in [5.41, 5.74) is 1.42. The van der Waals surface area contributed by atoms with Gasteiger partial charge in [0.15, 0.2) is 0 Å². The van der Waals surface area contributed by atoms with Crippen molar-refractivity contribution in [3.05, 3.63) is 29.8 Å². The Kier molecular flexibility index (Phi) is 6.55. The second-order valence-corrected chi connectivity index (χ2v) is 5.04. The number of hydrogen-bond acceptors (Lipinski definition) is 2. The van der Waals surface area contributed by atoms with Crippen LogP contribution in [-0.2, 0) is 10.2 Å². The molecule has 0 heterocycles. The van der Waals surface area contributed by atoms with Crippen LogP contribution >= 0.6 is 0 Å². The fourth-order valence-electron chi connectivity index (χ4n) is 1.21. The monoisotopic (exact) mass is 236 g/mol. The van der Waals surface area contributed by atoms with Gasteiger partial charge in [-0.15, -0.1) is 0 Å². The standard InChI is InChI=1S/C10H14O.C5H10O/c1-10(2,3)8-4-6-9(11)7-5-8;1-3-5(6)4-2/h4-7,11H,1-3H3;3-4H2,1-2H3. The minimum atomic E-state index is 0.174. The van der Waals surface area contributed by atoms with Gasteiger partial charge in [0.2, 0.25) is 0 Å². The molecule has 96 valence electrons. The van der Waals surface area contributed by atoms with Crippen molar-refractivity contribution in [2.24, 2.45) is 0 Å². The van der Waals surface area contributed by atoms with Gasteiger partial charge in [0.25, 0.3) is 0 Å². The minimum absolute atomic E-state index is 0.174. The number of Topliss-reactive ketones (excluding diaryl/α,β-unsaturated/α-hetero) is 1. The van der Waals surface area contributed by atoms with E-state index in [9.17, 15) is 4.79 Å². The van der Waals surface area contributed by atoms with E-state index in [0.717, 1.165) is 0 Å². The molecule has 1 N–H and O–H groups in total. The van der Waals surface area contributed by atoms with Crippen molar-refractivity contribution >= 4 is 5.78 Å². The molecule has 0 spiro atoms. The van der Waals surface area contributed by atoms with E-state index < -0.39 is 0 Å². The largest absolute Gasteiger partial charge is 0.508 e. The maximum atomic E-state index is 10.2. The van der Waals surface area contributed by atoms with E-state index in [1.807, 2.05) is 26.0 Å². The lowest BCUT2D eigenvalue weighted by molar-refractivity contribution is -0.118. The maximum Gasteiger partial charge on any atom is 0.132 e. The molecular weight excluding hydrogens is 212 g/mol. The zero-order valence-electron chi connectivity index (χ0n) is 11.6. The maximum absolute atomic E-state index is 10.2. The molecule has 2 nitrogen and oxygen atoms in total. The second kappa shape index (κ2) is 7.10. The third kappa shape index (κ3) is 6.77. The lowest BCUT2D eigenvalue weighted by Crippen LogP contribution is -2.10. The normalized spacial score (nSPS) is 10.4. The van der Waals surface area contributed by atoms with Gasteiger partial charge in [-0.1, -0.05) is 46.8 Å². The molecular formula is C15H24O2. The molecule has 0 fully saturated rings. The number of phenols is 1. The summed E-state index contributed by atoms with van der Waals surface area (Å²) in [6, 6.07) is 7.35. The van der Waals surface area contributed by atoms with Crippen molar-refractivity contribution in [1.82, 2.24) is 0 Å². The number of rotatable bonds is 2. The lowest BCUT2D eigenvalue weighted by Gasteiger charge is -2.18. The summed E-state index contributed by atoms with van der Waals surface area (Å²) in [4.78, 5) is 10.2. The molecule has 17 heavy (non-hydrogen) atoms. The van der Waals surface area contributed by atoms with E-state index in [2.05, 4.69) is 20.8 Å². The van der Waals surface area contributed by atoms with Crippen LogP contribution in [0.15, 0.2) is 24.3 Å². The molecule has 0 atom stereocenters. The Bertz CT molecular complexity index is 325. The van der Waals surface area contributed by atoms with Gasteiger partial charge in [-0.3, -0.25) is 4.79 Å². The smallest absolute Gasteiger partial charge is 0.132 e. The van der Waals surface area contributed by atoms with Crippen LogP contribution in [0.4, 0.5) is 0 Å². The molecule has 0 unspecified atom stereocenters. The van der Waals surface area contributed by atoms with Crippen LogP contribution in [0, 0.1) is 0 Å². The molecule has 0 bridgehead atoms. The summed E-state index contributed by atoms with van der Waals surface area (Å²) in [7, 11) is 0. The second-order valence-electron chi connectivity index (χ2n) is 5.04. The molecule has 0 saturated heterocycles. The Morgan fingerprint density at radius 2 is 1.47 bits per heavy atom. The molecule has 1 aromatic carbocycles. The Morgan fingerprint density at radius 3 is 1.71 bits per heavy atom.